The average Bonchev–Trinajstić information content (AvgIpc) is 2.05. The normalized spacial score (nSPS) is 11.5. The Kier molecular flexibility index (Phi) is 3.62. The standard InChI is InChI=1S/C10H12ClNO2S/c1-10(2,3)15-7-5-4-6(11)8(12-7)9(13)14/h4-5H,1-3H3,(H,13,14). The molecule has 1 aromatic rings. The summed E-state index contributed by atoms with van der Waals surface area (Å²) in [7, 11) is 0. The van der Waals surface area contributed by atoms with E-state index in [1.807, 2.05) is 20.8 Å². The topological polar surface area (TPSA) is 50.2 Å². The molecule has 0 aromatic carbocycles. The largest absolute Gasteiger partial charge is 0.476 e. The van der Waals surface area contributed by atoms with E-state index in [0.29, 0.717) is 5.03 Å². The van der Waals surface area contributed by atoms with Crippen LogP contribution in [0.15, 0.2) is 17.2 Å². The zero-order valence-corrected chi connectivity index (χ0v) is 10.3. The van der Waals surface area contributed by atoms with Gasteiger partial charge in [-0.3, -0.25) is 0 Å². The van der Waals surface area contributed by atoms with Crippen LogP contribution in [0.3, 0.4) is 0 Å². The van der Waals surface area contributed by atoms with E-state index in [1.54, 1.807) is 12.1 Å². The number of aromatic carboxylic acids is 1. The van der Waals surface area contributed by atoms with Crippen LogP contribution in [-0.2, 0) is 0 Å². The summed E-state index contributed by atoms with van der Waals surface area (Å²) in [5.74, 6) is -1.10. The molecule has 0 bridgehead atoms. The van der Waals surface area contributed by atoms with Gasteiger partial charge in [0.2, 0.25) is 0 Å². The van der Waals surface area contributed by atoms with Gasteiger partial charge in [-0.1, -0.05) is 32.4 Å². The molecule has 82 valence electrons. The fraction of sp³-hybridized carbons (Fsp3) is 0.400. The molecule has 0 saturated carbocycles. The molecule has 0 aliphatic rings. The van der Waals surface area contributed by atoms with Gasteiger partial charge < -0.3 is 5.11 Å². The Labute approximate surface area is 97.9 Å². The first-order valence-electron chi connectivity index (χ1n) is 4.38. The number of hydrogen-bond donors (Lipinski definition) is 1. The van der Waals surface area contributed by atoms with Gasteiger partial charge in [-0.15, -0.1) is 11.8 Å². The minimum absolute atomic E-state index is 0.00337. The monoisotopic (exact) mass is 245 g/mol. The van der Waals surface area contributed by atoms with E-state index < -0.39 is 5.97 Å². The Bertz CT molecular complexity index is 387. The van der Waals surface area contributed by atoms with Gasteiger partial charge in [0.1, 0.15) is 0 Å². The predicted octanol–water partition coefficient (Wildman–Crippen LogP) is 3.32. The molecule has 1 N–H and O–H groups in total. The van der Waals surface area contributed by atoms with Crippen molar-refractivity contribution < 1.29 is 9.90 Å². The van der Waals surface area contributed by atoms with Crippen LogP contribution < -0.4 is 0 Å². The summed E-state index contributed by atoms with van der Waals surface area (Å²) in [4.78, 5) is 14.8. The Balaban J connectivity index is 3.03. The highest BCUT2D eigenvalue weighted by molar-refractivity contribution is 8.00. The second kappa shape index (κ2) is 4.41. The third-order valence-electron chi connectivity index (χ3n) is 1.43. The van der Waals surface area contributed by atoms with E-state index in [9.17, 15) is 4.79 Å². The molecule has 0 radical (unpaired) electrons. The number of pyridine rings is 1. The molecule has 1 rings (SSSR count). The van der Waals surface area contributed by atoms with Gasteiger partial charge in [-0.2, -0.15) is 0 Å². The van der Waals surface area contributed by atoms with Gasteiger partial charge in [0.15, 0.2) is 5.69 Å². The Morgan fingerprint density at radius 3 is 2.53 bits per heavy atom. The first-order chi connectivity index (χ1) is 6.79. The number of rotatable bonds is 2. The van der Waals surface area contributed by atoms with Crippen molar-refractivity contribution in [1.82, 2.24) is 4.98 Å². The second-order valence-corrected chi connectivity index (χ2v) is 6.25. The summed E-state index contributed by atoms with van der Waals surface area (Å²) in [5, 5.41) is 9.67. The molecule has 0 amide bonds. The molecule has 0 fully saturated rings. The van der Waals surface area contributed by atoms with Crippen molar-refractivity contribution in [2.45, 2.75) is 30.5 Å². The molecule has 0 saturated heterocycles. The van der Waals surface area contributed by atoms with Crippen molar-refractivity contribution in [1.29, 1.82) is 0 Å². The number of aromatic nitrogens is 1. The minimum Gasteiger partial charge on any atom is -0.476 e. The molecule has 1 aromatic heterocycles. The van der Waals surface area contributed by atoms with Gasteiger partial charge in [0.25, 0.3) is 0 Å². The Morgan fingerprint density at radius 2 is 2.07 bits per heavy atom. The van der Waals surface area contributed by atoms with Crippen LogP contribution >= 0.6 is 23.4 Å². The van der Waals surface area contributed by atoms with E-state index in [-0.39, 0.29) is 15.5 Å². The average molecular weight is 246 g/mol. The number of halogens is 1. The summed E-state index contributed by atoms with van der Waals surface area (Å²) in [6.45, 7) is 6.11. The van der Waals surface area contributed by atoms with Gasteiger partial charge in [0.05, 0.1) is 10.0 Å². The zero-order valence-electron chi connectivity index (χ0n) is 8.74. The van der Waals surface area contributed by atoms with Crippen LogP contribution in [-0.4, -0.2) is 20.8 Å². The fourth-order valence-electron chi connectivity index (χ4n) is 0.945. The summed E-state index contributed by atoms with van der Waals surface area (Å²) in [5.41, 5.74) is -0.0917. The molecule has 3 nitrogen and oxygen atoms in total. The lowest BCUT2D eigenvalue weighted by Gasteiger charge is -2.16. The molecule has 0 aliphatic carbocycles. The fourth-order valence-corrected chi connectivity index (χ4v) is 2.03. The van der Waals surface area contributed by atoms with Crippen molar-refractivity contribution in [3.05, 3.63) is 22.8 Å². The highest BCUT2D eigenvalue weighted by Crippen LogP contribution is 2.31. The molecule has 0 aliphatic heterocycles. The maximum atomic E-state index is 10.8. The van der Waals surface area contributed by atoms with Crippen LogP contribution in [0.5, 0.6) is 0 Å². The van der Waals surface area contributed by atoms with E-state index in [4.69, 9.17) is 16.7 Å². The predicted molar refractivity (Wildman–Crippen MR) is 61.8 cm³/mol. The minimum atomic E-state index is -1.10. The van der Waals surface area contributed by atoms with Crippen molar-refractivity contribution in [3.8, 4) is 0 Å². The van der Waals surface area contributed by atoms with Crippen molar-refractivity contribution in [2.75, 3.05) is 0 Å². The summed E-state index contributed by atoms with van der Waals surface area (Å²) < 4.78 is -0.00337. The van der Waals surface area contributed by atoms with Crippen molar-refractivity contribution in [2.24, 2.45) is 0 Å². The molecule has 15 heavy (non-hydrogen) atoms. The molecule has 1 heterocycles. The molecule has 5 heteroatoms. The quantitative estimate of drug-likeness (QED) is 0.812. The van der Waals surface area contributed by atoms with Crippen molar-refractivity contribution in [3.63, 3.8) is 0 Å². The first-order valence-corrected chi connectivity index (χ1v) is 5.58. The van der Waals surface area contributed by atoms with Gasteiger partial charge in [0, 0.05) is 4.75 Å². The highest BCUT2D eigenvalue weighted by Gasteiger charge is 2.16. The number of carbonyl (C=O) groups is 1. The van der Waals surface area contributed by atoms with Gasteiger partial charge in [-0.05, 0) is 12.1 Å². The molecular formula is C10H12ClNO2S. The third-order valence-corrected chi connectivity index (χ3v) is 2.79. The summed E-state index contributed by atoms with van der Waals surface area (Å²) in [6, 6.07) is 3.29. The second-order valence-electron chi connectivity index (χ2n) is 4.00. The van der Waals surface area contributed by atoms with Crippen LogP contribution in [0.2, 0.25) is 5.02 Å². The van der Waals surface area contributed by atoms with E-state index >= 15 is 0 Å². The highest BCUT2D eigenvalue weighted by atomic mass is 35.5. The maximum Gasteiger partial charge on any atom is 0.356 e. The van der Waals surface area contributed by atoms with Gasteiger partial charge in [-0.25, -0.2) is 9.78 Å². The maximum absolute atomic E-state index is 10.8. The first kappa shape index (κ1) is 12.3. The molecular weight excluding hydrogens is 234 g/mol. The van der Waals surface area contributed by atoms with Crippen LogP contribution in [0.25, 0.3) is 0 Å². The third kappa shape index (κ3) is 3.72. The van der Waals surface area contributed by atoms with Crippen LogP contribution in [0, 0.1) is 0 Å². The number of thioether (sulfide) groups is 1. The van der Waals surface area contributed by atoms with Gasteiger partial charge >= 0.3 is 5.97 Å². The summed E-state index contributed by atoms with van der Waals surface area (Å²) >= 11 is 7.22. The molecule has 0 unspecified atom stereocenters. The Morgan fingerprint density at radius 1 is 1.47 bits per heavy atom. The lowest BCUT2D eigenvalue weighted by atomic mass is 10.3. The van der Waals surface area contributed by atoms with E-state index in [2.05, 4.69) is 4.98 Å². The molecule has 0 spiro atoms. The lowest BCUT2D eigenvalue weighted by molar-refractivity contribution is 0.0690. The molecule has 0 atom stereocenters. The number of hydrogen-bond acceptors (Lipinski definition) is 3. The van der Waals surface area contributed by atoms with E-state index in [0.717, 1.165) is 0 Å². The number of carboxylic acid groups (broad SMARTS) is 1. The lowest BCUT2D eigenvalue weighted by Crippen LogP contribution is -2.09. The SMILES string of the molecule is CC(C)(C)Sc1ccc(Cl)c(C(=O)O)n1. The summed E-state index contributed by atoms with van der Waals surface area (Å²) in [6.07, 6.45) is 0. The zero-order chi connectivity index (χ0) is 11.6. The van der Waals surface area contributed by atoms with Crippen LogP contribution in [0.1, 0.15) is 31.3 Å². The Hall–Kier alpha value is -0.740. The van der Waals surface area contributed by atoms with Crippen molar-refractivity contribution >= 4 is 29.3 Å². The van der Waals surface area contributed by atoms with E-state index in [1.165, 1.54) is 11.8 Å². The number of nitrogens with zero attached hydrogens (tertiary/aromatic N) is 1. The smallest absolute Gasteiger partial charge is 0.356 e. The van der Waals surface area contributed by atoms with Crippen LogP contribution in [0.4, 0.5) is 0 Å². The number of carboxylic acids is 1.